The van der Waals surface area contributed by atoms with Crippen molar-refractivity contribution in [3.05, 3.63) is 42.7 Å². The number of nitrogens with zero attached hydrogens (tertiary/aromatic N) is 3. The van der Waals surface area contributed by atoms with E-state index in [1.807, 2.05) is 10.8 Å². The molecule has 19 heavy (non-hydrogen) atoms. The number of aromatic carboxylic acids is 1. The lowest BCUT2D eigenvalue weighted by atomic mass is 10.2. The van der Waals surface area contributed by atoms with Crippen molar-refractivity contribution in [1.29, 1.82) is 0 Å². The summed E-state index contributed by atoms with van der Waals surface area (Å²) in [5.74, 6) is -1.01. The van der Waals surface area contributed by atoms with Crippen LogP contribution in [0.15, 0.2) is 37.1 Å². The fourth-order valence-corrected chi connectivity index (χ4v) is 1.78. The first kappa shape index (κ1) is 13.1. The predicted octanol–water partition coefficient (Wildman–Crippen LogP) is 1.87. The summed E-state index contributed by atoms with van der Waals surface area (Å²) in [6.45, 7) is 1.64. The summed E-state index contributed by atoms with van der Waals surface area (Å²) in [5, 5.41) is 12.1. The van der Waals surface area contributed by atoms with Gasteiger partial charge >= 0.3 is 5.97 Å². The summed E-state index contributed by atoms with van der Waals surface area (Å²) < 4.78 is 2.02. The number of aromatic nitrogens is 3. The number of aryl methyl sites for hydroxylation is 1. The van der Waals surface area contributed by atoms with Crippen LogP contribution in [0.1, 0.15) is 23.3 Å². The number of carbonyl (C=O) groups is 1. The van der Waals surface area contributed by atoms with Crippen LogP contribution in [0.2, 0.25) is 0 Å². The van der Waals surface area contributed by atoms with Crippen molar-refractivity contribution >= 4 is 11.7 Å². The number of rotatable bonds is 7. The number of imidazole rings is 1. The zero-order valence-corrected chi connectivity index (χ0v) is 10.5. The van der Waals surface area contributed by atoms with Gasteiger partial charge in [0, 0.05) is 31.7 Å². The van der Waals surface area contributed by atoms with E-state index in [0.717, 1.165) is 25.9 Å². The van der Waals surface area contributed by atoms with Crippen molar-refractivity contribution < 1.29 is 9.90 Å². The Kier molecular flexibility index (Phi) is 4.49. The number of carboxylic acid groups (broad SMARTS) is 1. The molecule has 0 amide bonds. The van der Waals surface area contributed by atoms with Crippen LogP contribution in [0.3, 0.4) is 0 Å². The number of anilines is 1. The number of carboxylic acids is 1. The maximum atomic E-state index is 11.0. The van der Waals surface area contributed by atoms with Crippen molar-refractivity contribution in [2.75, 3.05) is 11.9 Å². The van der Waals surface area contributed by atoms with Gasteiger partial charge in [-0.15, -0.1) is 0 Å². The third-order valence-electron chi connectivity index (χ3n) is 2.73. The Morgan fingerprint density at radius 2 is 2.26 bits per heavy atom. The number of hydrogen-bond acceptors (Lipinski definition) is 4. The van der Waals surface area contributed by atoms with Crippen molar-refractivity contribution in [3.63, 3.8) is 0 Å². The molecule has 2 N–H and O–H groups in total. The third kappa shape index (κ3) is 3.80. The minimum absolute atomic E-state index is 0.0668. The summed E-state index contributed by atoms with van der Waals surface area (Å²) in [6, 6.07) is 3.45. The normalized spacial score (nSPS) is 10.3. The molecule has 0 radical (unpaired) electrons. The number of hydrogen-bond donors (Lipinski definition) is 2. The van der Waals surface area contributed by atoms with Gasteiger partial charge < -0.3 is 15.0 Å². The summed E-state index contributed by atoms with van der Waals surface area (Å²) in [4.78, 5) is 18.8. The molecule has 0 aliphatic heterocycles. The topological polar surface area (TPSA) is 80.0 Å². The van der Waals surface area contributed by atoms with Crippen LogP contribution in [0.4, 0.5) is 5.69 Å². The van der Waals surface area contributed by atoms with Gasteiger partial charge in [0.25, 0.3) is 0 Å². The second kappa shape index (κ2) is 6.53. The van der Waals surface area contributed by atoms with Crippen molar-refractivity contribution in [2.45, 2.75) is 19.4 Å². The fraction of sp³-hybridized carbons (Fsp3) is 0.308. The monoisotopic (exact) mass is 260 g/mol. The molecule has 6 heteroatoms. The van der Waals surface area contributed by atoms with Gasteiger partial charge in [-0.05, 0) is 25.0 Å². The first-order valence-electron chi connectivity index (χ1n) is 6.15. The van der Waals surface area contributed by atoms with Gasteiger partial charge in [0.1, 0.15) is 0 Å². The lowest BCUT2D eigenvalue weighted by Crippen LogP contribution is -2.09. The molecular formula is C13H16N4O2. The molecule has 0 aromatic carbocycles. The first-order chi connectivity index (χ1) is 9.27. The molecule has 2 heterocycles. The molecule has 2 aromatic heterocycles. The Morgan fingerprint density at radius 1 is 1.37 bits per heavy atom. The Morgan fingerprint density at radius 3 is 3.00 bits per heavy atom. The fourth-order valence-electron chi connectivity index (χ4n) is 1.78. The smallest absolute Gasteiger partial charge is 0.356 e. The van der Waals surface area contributed by atoms with E-state index in [9.17, 15) is 4.79 Å². The zero-order valence-electron chi connectivity index (χ0n) is 10.5. The maximum absolute atomic E-state index is 11.0. The Labute approximate surface area is 111 Å². The third-order valence-corrected chi connectivity index (χ3v) is 2.73. The molecule has 0 bridgehead atoms. The van der Waals surface area contributed by atoms with Crippen LogP contribution in [-0.4, -0.2) is 32.2 Å². The molecule has 0 aliphatic carbocycles. The van der Waals surface area contributed by atoms with Crippen LogP contribution >= 0.6 is 0 Å². The highest BCUT2D eigenvalue weighted by atomic mass is 16.4. The van der Waals surface area contributed by atoms with E-state index in [1.54, 1.807) is 24.7 Å². The first-order valence-corrected chi connectivity index (χ1v) is 6.15. The predicted molar refractivity (Wildman–Crippen MR) is 71.1 cm³/mol. The van der Waals surface area contributed by atoms with Gasteiger partial charge in [-0.25, -0.2) is 14.8 Å². The molecule has 0 aliphatic rings. The highest BCUT2D eigenvalue weighted by Crippen LogP contribution is 2.12. The van der Waals surface area contributed by atoms with E-state index < -0.39 is 5.97 Å². The minimum Gasteiger partial charge on any atom is -0.476 e. The number of pyridine rings is 1. The summed E-state index contributed by atoms with van der Waals surface area (Å²) >= 11 is 0. The molecule has 100 valence electrons. The summed E-state index contributed by atoms with van der Waals surface area (Å²) in [5.41, 5.74) is 0.634. The van der Waals surface area contributed by atoms with E-state index in [4.69, 9.17) is 5.11 Å². The van der Waals surface area contributed by atoms with Crippen LogP contribution in [0.25, 0.3) is 0 Å². The number of nitrogens with one attached hydrogen (secondary N) is 1. The minimum atomic E-state index is -1.01. The largest absolute Gasteiger partial charge is 0.476 e. The Hall–Kier alpha value is -2.37. The van der Waals surface area contributed by atoms with E-state index in [2.05, 4.69) is 15.3 Å². The molecule has 0 spiro atoms. The molecule has 0 fully saturated rings. The Bertz CT molecular complexity index is 525. The Balaban J connectivity index is 1.75. The molecule has 0 saturated heterocycles. The summed E-state index contributed by atoms with van der Waals surface area (Å²) in [7, 11) is 0. The standard InChI is InChI=1S/C13H16N4O2/c18-13(19)12-11(4-3-6-16-12)15-5-1-2-8-17-9-7-14-10-17/h3-4,6-7,9-10,15H,1-2,5,8H2,(H,18,19). The number of unbranched alkanes of at least 4 members (excludes halogenated alkanes) is 1. The maximum Gasteiger partial charge on any atom is 0.356 e. The zero-order chi connectivity index (χ0) is 13.5. The second-order valence-corrected chi connectivity index (χ2v) is 4.14. The van der Waals surface area contributed by atoms with Crippen LogP contribution in [-0.2, 0) is 6.54 Å². The lowest BCUT2D eigenvalue weighted by Gasteiger charge is -2.08. The van der Waals surface area contributed by atoms with Gasteiger partial charge in [0.05, 0.1) is 12.0 Å². The molecule has 6 nitrogen and oxygen atoms in total. The SMILES string of the molecule is O=C(O)c1ncccc1NCCCCn1ccnc1. The molecule has 0 unspecified atom stereocenters. The molecule has 0 atom stereocenters. The molecule has 0 saturated carbocycles. The van der Waals surface area contributed by atoms with Crippen LogP contribution < -0.4 is 5.32 Å². The van der Waals surface area contributed by atoms with Crippen LogP contribution in [0.5, 0.6) is 0 Å². The van der Waals surface area contributed by atoms with Gasteiger partial charge in [0.2, 0.25) is 0 Å². The van der Waals surface area contributed by atoms with Gasteiger partial charge in [0.15, 0.2) is 5.69 Å². The van der Waals surface area contributed by atoms with Crippen molar-refractivity contribution in [3.8, 4) is 0 Å². The average molecular weight is 260 g/mol. The van der Waals surface area contributed by atoms with Crippen LogP contribution in [0, 0.1) is 0 Å². The van der Waals surface area contributed by atoms with Crippen molar-refractivity contribution in [1.82, 2.24) is 14.5 Å². The van der Waals surface area contributed by atoms with E-state index in [0.29, 0.717) is 5.69 Å². The molecule has 2 aromatic rings. The van der Waals surface area contributed by atoms with E-state index >= 15 is 0 Å². The molecule has 2 rings (SSSR count). The van der Waals surface area contributed by atoms with E-state index in [-0.39, 0.29) is 5.69 Å². The van der Waals surface area contributed by atoms with Gasteiger partial charge in [-0.2, -0.15) is 0 Å². The molecular weight excluding hydrogens is 244 g/mol. The van der Waals surface area contributed by atoms with Gasteiger partial charge in [-0.3, -0.25) is 0 Å². The summed E-state index contributed by atoms with van der Waals surface area (Å²) in [6.07, 6.45) is 8.91. The van der Waals surface area contributed by atoms with Crippen molar-refractivity contribution in [2.24, 2.45) is 0 Å². The van der Waals surface area contributed by atoms with Gasteiger partial charge in [-0.1, -0.05) is 0 Å². The highest BCUT2D eigenvalue weighted by Gasteiger charge is 2.09. The highest BCUT2D eigenvalue weighted by molar-refractivity contribution is 5.91. The van der Waals surface area contributed by atoms with E-state index in [1.165, 1.54) is 6.20 Å². The second-order valence-electron chi connectivity index (χ2n) is 4.14. The lowest BCUT2D eigenvalue weighted by molar-refractivity contribution is 0.0691. The quantitative estimate of drug-likeness (QED) is 0.743. The average Bonchev–Trinajstić information content (AvgIpc) is 2.92.